The number of nitrogens with two attached hydrogens (primary N) is 1. The number of aromatic nitrogens is 3. The van der Waals surface area contributed by atoms with Gasteiger partial charge in [-0.3, -0.25) is 9.89 Å². The Bertz CT molecular complexity index is 634. The average molecular weight is 257 g/mol. The van der Waals surface area contributed by atoms with E-state index in [9.17, 15) is 4.79 Å². The van der Waals surface area contributed by atoms with Gasteiger partial charge in [-0.25, -0.2) is 4.98 Å². The van der Waals surface area contributed by atoms with E-state index in [0.29, 0.717) is 18.9 Å². The van der Waals surface area contributed by atoms with E-state index in [2.05, 4.69) is 15.2 Å². The van der Waals surface area contributed by atoms with Gasteiger partial charge < -0.3 is 10.6 Å². The van der Waals surface area contributed by atoms with Crippen LogP contribution in [-0.2, 0) is 13.0 Å². The van der Waals surface area contributed by atoms with E-state index in [4.69, 9.17) is 5.73 Å². The van der Waals surface area contributed by atoms with Gasteiger partial charge in [-0.05, 0) is 30.5 Å². The number of hydrogen-bond donors (Lipinski definition) is 2. The van der Waals surface area contributed by atoms with Crippen molar-refractivity contribution in [2.75, 3.05) is 12.3 Å². The highest BCUT2D eigenvalue weighted by Crippen LogP contribution is 2.24. The molecule has 0 aliphatic carbocycles. The van der Waals surface area contributed by atoms with E-state index in [1.807, 2.05) is 18.2 Å². The Labute approximate surface area is 110 Å². The summed E-state index contributed by atoms with van der Waals surface area (Å²) in [6.07, 6.45) is 0.775. The number of carbonyl (C=O) groups is 1. The summed E-state index contributed by atoms with van der Waals surface area (Å²) >= 11 is 0. The third kappa shape index (κ3) is 2.05. The number of H-pyrrole nitrogens is 1. The highest BCUT2D eigenvalue weighted by atomic mass is 16.2. The van der Waals surface area contributed by atoms with Crippen LogP contribution in [0, 0.1) is 6.92 Å². The number of nitrogens with zero attached hydrogens (tertiary/aromatic N) is 3. The van der Waals surface area contributed by atoms with Crippen molar-refractivity contribution in [3.8, 4) is 0 Å². The Hall–Kier alpha value is -2.37. The van der Waals surface area contributed by atoms with E-state index < -0.39 is 0 Å². The predicted octanol–water partition coefficient (Wildman–Crippen LogP) is 0.894. The highest BCUT2D eigenvalue weighted by Gasteiger charge is 2.25. The van der Waals surface area contributed by atoms with Gasteiger partial charge in [-0.15, -0.1) is 5.10 Å². The van der Waals surface area contributed by atoms with Crippen LogP contribution in [0.1, 0.15) is 27.6 Å². The molecule has 98 valence electrons. The van der Waals surface area contributed by atoms with Crippen LogP contribution in [0.3, 0.4) is 0 Å². The van der Waals surface area contributed by atoms with Crippen molar-refractivity contribution in [2.24, 2.45) is 0 Å². The fourth-order valence-electron chi connectivity index (χ4n) is 2.39. The molecule has 3 rings (SSSR count). The summed E-state index contributed by atoms with van der Waals surface area (Å²) in [4.78, 5) is 18.1. The van der Waals surface area contributed by atoms with Crippen LogP contribution < -0.4 is 5.73 Å². The molecule has 1 aliphatic heterocycles. The summed E-state index contributed by atoms with van der Waals surface area (Å²) in [6.45, 7) is 2.98. The molecule has 0 spiro atoms. The first-order valence-electron chi connectivity index (χ1n) is 6.19. The Balaban J connectivity index is 1.84. The smallest absolute Gasteiger partial charge is 0.293 e. The number of nitrogens with one attached hydrogen (secondary N) is 1. The molecule has 0 bridgehead atoms. The zero-order valence-electron chi connectivity index (χ0n) is 10.7. The summed E-state index contributed by atoms with van der Waals surface area (Å²) in [6, 6.07) is 5.82. The molecule has 2 heterocycles. The molecule has 1 amide bonds. The van der Waals surface area contributed by atoms with Crippen LogP contribution in [0.5, 0.6) is 0 Å². The van der Waals surface area contributed by atoms with Crippen molar-refractivity contribution >= 4 is 11.6 Å². The Morgan fingerprint density at radius 2 is 2.32 bits per heavy atom. The second-order valence-corrected chi connectivity index (χ2v) is 4.71. The molecule has 19 heavy (non-hydrogen) atoms. The third-order valence-electron chi connectivity index (χ3n) is 3.38. The average Bonchev–Trinajstić information content (AvgIpc) is 2.84. The lowest BCUT2D eigenvalue weighted by molar-refractivity contribution is 0.0723. The Kier molecular flexibility index (Phi) is 2.70. The minimum atomic E-state index is -0.141. The van der Waals surface area contributed by atoms with Crippen LogP contribution >= 0.6 is 0 Å². The van der Waals surface area contributed by atoms with Crippen LogP contribution in [0.25, 0.3) is 0 Å². The molecule has 1 aliphatic rings. The van der Waals surface area contributed by atoms with Gasteiger partial charge in [0.05, 0.1) is 0 Å². The van der Waals surface area contributed by atoms with Gasteiger partial charge in [0.15, 0.2) is 0 Å². The number of aromatic amines is 1. The molecule has 3 N–H and O–H groups in total. The third-order valence-corrected chi connectivity index (χ3v) is 3.38. The first kappa shape index (κ1) is 11.7. The summed E-state index contributed by atoms with van der Waals surface area (Å²) in [7, 11) is 0. The van der Waals surface area contributed by atoms with Crippen molar-refractivity contribution in [1.82, 2.24) is 20.1 Å². The number of hydrogen-bond acceptors (Lipinski definition) is 4. The number of nitrogen functional groups attached to an aromatic ring is 1. The molecule has 0 unspecified atom stereocenters. The fraction of sp³-hybridized carbons (Fsp3) is 0.308. The molecule has 0 saturated heterocycles. The van der Waals surface area contributed by atoms with Gasteiger partial charge in [0.1, 0.15) is 5.82 Å². The molecule has 0 saturated carbocycles. The highest BCUT2D eigenvalue weighted by molar-refractivity contribution is 5.90. The van der Waals surface area contributed by atoms with Crippen LogP contribution in [0.15, 0.2) is 18.2 Å². The van der Waals surface area contributed by atoms with E-state index in [1.54, 1.807) is 11.8 Å². The monoisotopic (exact) mass is 257 g/mol. The molecule has 1 aromatic heterocycles. The first-order valence-corrected chi connectivity index (χ1v) is 6.19. The van der Waals surface area contributed by atoms with Crippen LogP contribution in [0.4, 0.5) is 5.69 Å². The van der Waals surface area contributed by atoms with E-state index in [-0.39, 0.29) is 11.7 Å². The molecule has 6 nitrogen and oxygen atoms in total. The molecule has 2 aromatic rings. The first-order chi connectivity index (χ1) is 9.15. The number of anilines is 1. The molecule has 0 fully saturated rings. The van der Waals surface area contributed by atoms with Gasteiger partial charge in [-0.1, -0.05) is 12.1 Å². The lowest BCUT2D eigenvalue weighted by Gasteiger charge is -2.28. The predicted molar refractivity (Wildman–Crippen MR) is 70.4 cm³/mol. The maximum atomic E-state index is 12.3. The minimum absolute atomic E-state index is 0.141. The SMILES string of the molecule is Cc1nc(C(=O)N2CCc3c(N)cccc3C2)n[nH]1. The number of carbonyl (C=O) groups excluding carboxylic acids is 1. The van der Waals surface area contributed by atoms with Gasteiger partial charge in [-0.2, -0.15) is 0 Å². The van der Waals surface area contributed by atoms with E-state index in [1.165, 1.54) is 0 Å². The summed E-state index contributed by atoms with van der Waals surface area (Å²) in [5, 5.41) is 6.60. The molecule has 0 radical (unpaired) electrons. The van der Waals surface area contributed by atoms with Crippen molar-refractivity contribution in [2.45, 2.75) is 19.9 Å². The van der Waals surface area contributed by atoms with Crippen LogP contribution in [0.2, 0.25) is 0 Å². The largest absolute Gasteiger partial charge is 0.398 e. The lowest BCUT2D eigenvalue weighted by atomic mass is 9.98. The topological polar surface area (TPSA) is 87.9 Å². The maximum Gasteiger partial charge on any atom is 0.293 e. The van der Waals surface area contributed by atoms with Crippen molar-refractivity contribution in [3.63, 3.8) is 0 Å². The zero-order valence-corrected chi connectivity index (χ0v) is 10.7. The molecular formula is C13H15N5O. The van der Waals surface area contributed by atoms with Gasteiger partial charge in [0, 0.05) is 18.8 Å². The number of amides is 1. The lowest BCUT2D eigenvalue weighted by Crippen LogP contribution is -2.36. The number of fused-ring (bicyclic) bond motifs is 1. The standard InChI is InChI=1S/C13H15N5O/c1-8-15-12(17-16-8)13(19)18-6-5-10-9(7-18)3-2-4-11(10)14/h2-4H,5-7,14H2,1H3,(H,15,16,17). The normalized spacial score (nSPS) is 14.3. The second kappa shape index (κ2) is 4.38. The van der Waals surface area contributed by atoms with Gasteiger partial charge in [0.25, 0.3) is 5.91 Å². The van der Waals surface area contributed by atoms with Gasteiger partial charge in [0.2, 0.25) is 5.82 Å². The quantitative estimate of drug-likeness (QED) is 0.743. The number of aryl methyl sites for hydroxylation is 1. The molecular weight excluding hydrogens is 242 g/mol. The molecule has 6 heteroatoms. The zero-order chi connectivity index (χ0) is 13.4. The van der Waals surface area contributed by atoms with E-state index in [0.717, 1.165) is 23.2 Å². The van der Waals surface area contributed by atoms with Crippen molar-refractivity contribution in [1.29, 1.82) is 0 Å². The minimum Gasteiger partial charge on any atom is -0.398 e. The second-order valence-electron chi connectivity index (χ2n) is 4.71. The van der Waals surface area contributed by atoms with Crippen molar-refractivity contribution < 1.29 is 4.79 Å². The summed E-state index contributed by atoms with van der Waals surface area (Å²) in [5.74, 6) is 0.729. The molecule has 1 aromatic carbocycles. The van der Waals surface area contributed by atoms with Gasteiger partial charge >= 0.3 is 0 Å². The molecule has 0 atom stereocenters. The Morgan fingerprint density at radius 3 is 3.05 bits per heavy atom. The van der Waals surface area contributed by atoms with Crippen molar-refractivity contribution in [3.05, 3.63) is 41.0 Å². The summed E-state index contributed by atoms with van der Waals surface area (Å²) in [5.41, 5.74) is 9.00. The van der Waals surface area contributed by atoms with Crippen LogP contribution in [-0.4, -0.2) is 32.5 Å². The van der Waals surface area contributed by atoms with E-state index >= 15 is 0 Å². The number of rotatable bonds is 1. The summed E-state index contributed by atoms with van der Waals surface area (Å²) < 4.78 is 0. The maximum absolute atomic E-state index is 12.3. The number of benzene rings is 1. The Morgan fingerprint density at radius 1 is 1.47 bits per heavy atom. The fourth-order valence-corrected chi connectivity index (χ4v) is 2.39.